The second-order valence-corrected chi connectivity index (χ2v) is 14.5. The fraction of sp³-hybridized carbons (Fsp3) is 0.297. The van der Waals surface area contributed by atoms with Crippen molar-refractivity contribution in [3.05, 3.63) is 130 Å². The summed E-state index contributed by atoms with van der Waals surface area (Å²) in [6.07, 6.45) is -1.23. The van der Waals surface area contributed by atoms with Crippen LogP contribution >= 0.6 is 11.6 Å². The van der Waals surface area contributed by atoms with Crippen LogP contribution in [0.5, 0.6) is 0 Å². The topological polar surface area (TPSA) is 86.8 Å². The van der Waals surface area contributed by atoms with Gasteiger partial charge in [-0.15, -0.1) is 0 Å². The van der Waals surface area contributed by atoms with E-state index in [1.54, 1.807) is 12.1 Å². The maximum atomic E-state index is 14.6. The lowest BCUT2D eigenvalue weighted by Crippen LogP contribution is -2.54. The zero-order valence-electron chi connectivity index (χ0n) is 26.9. The molecular formula is C37H37ClF3N3O4S. The number of hydrogen-bond donors (Lipinski definition) is 1. The Morgan fingerprint density at radius 2 is 1.51 bits per heavy atom. The molecular weight excluding hydrogens is 675 g/mol. The summed E-state index contributed by atoms with van der Waals surface area (Å²) in [5.41, 5.74) is 0.733. The average molecular weight is 712 g/mol. The number of nitrogens with one attached hydrogen (secondary N) is 1. The molecule has 0 aromatic heterocycles. The third kappa shape index (κ3) is 9.01. The number of benzene rings is 4. The number of halogens is 4. The lowest BCUT2D eigenvalue weighted by molar-refractivity contribution is -0.140. The molecule has 0 bridgehead atoms. The van der Waals surface area contributed by atoms with Gasteiger partial charge in [-0.25, -0.2) is 8.42 Å². The van der Waals surface area contributed by atoms with Gasteiger partial charge in [0.15, 0.2) is 0 Å². The molecule has 1 N–H and O–H groups in total. The number of nitrogens with zero attached hydrogens (tertiary/aromatic N) is 2. The molecule has 0 radical (unpaired) electrons. The molecule has 0 saturated heterocycles. The van der Waals surface area contributed by atoms with Crippen molar-refractivity contribution in [2.45, 2.75) is 68.7 Å². The van der Waals surface area contributed by atoms with Gasteiger partial charge >= 0.3 is 6.18 Å². The summed E-state index contributed by atoms with van der Waals surface area (Å²) in [5, 5.41) is 2.48. The van der Waals surface area contributed by atoms with Crippen LogP contribution in [0.15, 0.2) is 108 Å². The Hall–Kier alpha value is -4.35. The van der Waals surface area contributed by atoms with Gasteiger partial charge in [-0.1, -0.05) is 103 Å². The highest BCUT2D eigenvalue weighted by Crippen LogP contribution is 2.38. The second-order valence-electron chi connectivity index (χ2n) is 12.2. The molecule has 12 heteroatoms. The zero-order chi connectivity index (χ0) is 35.2. The van der Waals surface area contributed by atoms with Gasteiger partial charge in [0, 0.05) is 19.0 Å². The Morgan fingerprint density at radius 1 is 0.878 bits per heavy atom. The summed E-state index contributed by atoms with van der Waals surface area (Å²) in [6.45, 7) is 0.949. The van der Waals surface area contributed by atoms with E-state index in [0.717, 1.165) is 48.9 Å². The minimum Gasteiger partial charge on any atom is -0.352 e. The minimum absolute atomic E-state index is 0.0518. The quantitative estimate of drug-likeness (QED) is 0.164. The fourth-order valence-electron chi connectivity index (χ4n) is 6.06. The van der Waals surface area contributed by atoms with Crippen molar-refractivity contribution in [1.82, 2.24) is 10.2 Å². The number of sulfonamides is 1. The maximum absolute atomic E-state index is 14.6. The van der Waals surface area contributed by atoms with E-state index in [2.05, 4.69) is 5.32 Å². The minimum atomic E-state index is -4.89. The average Bonchev–Trinajstić information content (AvgIpc) is 3.59. The molecule has 1 fully saturated rings. The molecule has 2 amide bonds. The van der Waals surface area contributed by atoms with Crippen molar-refractivity contribution in [2.75, 3.05) is 10.8 Å². The molecule has 0 spiro atoms. The van der Waals surface area contributed by atoms with Gasteiger partial charge in [0.1, 0.15) is 12.6 Å². The molecule has 1 saturated carbocycles. The first kappa shape index (κ1) is 35.9. The molecule has 7 nitrogen and oxygen atoms in total. The first-order valence-electron chi connectivity index (χ1n) is 16.0. The predicted molar refractivity (Wildman–Crippen MR) is 183 cm³/mol. The molecule has 5 rings (SSSR count). The number of amides is 2. The van der Waals surface area contributed by atoms with Crippen molar-refractivity contribution in [1.29, 1.82) is 0 Å². The van der Waals surface area contributed by atoms with Crippen LogP contribution in [0.3, 0.4) is 0 Å². The molecule has 0 heterocycles. The van der Waals surface area contributed by atoms with E-state index in [4.69, 9.17) is 11.6 Å². The first-order valence-corrected chi connectivity index (χ1v) is 17.8. The van der Waals surface area contributed by atoms with Gasteiger partial charge < -0.3 is 10.2 Å². The highest BCUT2D eigenvalue weighted by atomic mass is 35.5. The molecule has 1 aliphatic rings. The van der Waals surface area contributed by atoms with E-state index in [9.17, 15) is 31.2 Å². The van der Waals surface area contributed by atoms with Gasteiger partial charge in [-0.3, -0.25) is 13.9 Å². The van der Waals surface area contributed by atoms with E-state index in [1.807, 2.05) is 55.5 Å². The van der Waals surface area contributed by atoms with Crippen LogP contribution in [0.4, 0.5) is 18.9 Å². The van der Waals surface area contributed by atoms with Crippen LogP contribution in [0, 0.1) is 6.92 Å². The Morgan fingerprint density at radius 3 is 2.14 bits per heavy atom. The van der Waals surface area contributed by atoms with E-state index in [0.29, 0.717) is 15.9 Å². The standard InChI is InChI=1S/C37H37ClF3N3O4S/c1-26-11-10-14-28(21-26)24-43(34(22-27-12-4-2-5-13-27)36(46)42-29-15-8-9-16-29)35(45)25-44(49(47,48)31-17-6-3-7-18-31)30-19-20-33(38)32(23-30)37(39,40)41/h2-7,10-14,17-21,23,29,34H,8-9,15-16,22,24-25H2,1H3,(H,42,46)/t34-/m1/s1. The number of hydrogen-bond acceptors (Lipinski definition) is 4. The van der Waals surface area contributed by atoms with Crippen LogP contribution < -0.4 is 9.62 Å². The van der Waals surface area contributed by atoms with Crippen molar-refractivity contribution >= 4 is 39.1 Å². The summed E-state index contributed by atoms with van der Waals surface area (Å²) in [6, 6.07) is 25.2. The number of alkyl halides is 3. The van der Waals surface area contributed by atoms with Crippen molar-refractivity contribution < 1.29 is 31.2 Å². The predicted octanol–water partition coefficient (Wildman–Crippen LogP) is 7.56. The molecule has 1 atom stereocenters. The number of rotatable bonds is 12. The lowest BCUT2D eigenvalue weighted by Gasteiger charge is -2.34. The van der Waals surface area contributed by atoms with Crippen LogP contribution in [0.2, 0.25) is 5.02 Å². The zero-order valence-corrected chi connectivity index (χ0v) is 28.4. The van der Waals surface area contributed by atoms with E-state index in [1.165, 1.54) is 29.2 Å². The molecule has 1 aliphatic carbocycles. The van der Waals surface area contributed by atoms with Crippen LogP contribution in [-0.2, 0) is 38.8 Å². The summed E-state index contributed by atoms with van der Waals surface area (Å²) < 4.78 is 70.8. The fourth-order valence-corrected chi connectivity index (χ4v) is 7.71. The van der Waals surface area contributed by atoms with Crippen molar-refractivity contribution in [2.24, 2.45) is 0 Å². The number of anilines is 1. The Balaban J connectivity index is 1.61. The maximum Gasteiger partial charge on any atom is 0.417 e. The summed E-state index contributed by atoms with van der Waals surface area (Å²) in [5.74, 6) is -1.16. The number of carbonyl (C=O) groups excluding carboxylic acids is 2. The molecule has 49 heavy (non-hydrogen) atoms. The van der Waals surface area contributed by atoms with Crippen molar-refractivity contribution in [3.8, 4) is 0 Å². The molecule has 4 aromatic carbocycles. The largest absolute Gasteiger partial charge is 0.417 e. The van der Waals surface area contributed by atoms with Gasteiger partial charge in [0.05, 0.1) is 21.2 Å². The van der Waals surface area contributed by atoms with Gasteiger partial charge in [-0.2, -0.15) is 13.2 Å². The smallest absolute Gasteiger partial charge is 0.352 e. The third-order valence-electron chi connectivity index (χ3n) is 8.56. The van der Waals surface area contributed by atoms with E-state index in [-0.39, 0.29) is 29.8 Å². The molecule has 4 aromatic rings. The van der Waals surface area contributed by atoms with E-state index >= 15 is 0 Å². The summed E-state index contributed by atoms with van der Waals surface area (Å²) >= 11 is 5.89. The Kier molecular flexibility index (Phi) is 11.3. The third-order valence-corrected chi connectivity index (χ3v) is 10.7. The number of aryl methyl sites for hydroxylation is 1. The SMILES string of the molecule is Cc1cccc(CN(C(=O)CN(c2ccc(Cl)c(C(F)(F)F)c2)S(=O)(=O)c2ccccc2)[C@H](Cc2ccccc2)C(=O)NC2CCCC2)c1. The van der Waals surface area contributed by atoms with Gasteiger partial charge in [-0.05, 0) is 61.2 Å². The first-order chi connectivity index (χ1) is 23.3. The monoisotopic (exact) mass is 711 g/mol. The second kappa shape index (κ2) is 15.5. The lowest BCUT2D eigenvalue weighted by atomic mass is 10.0. The highest BCUT2D eigenvalue weighted by molar-refractivity contribution is 7.92. The van der Waals surface area contributed by atoms with Crippen LogP contribution in [0.1, 0.15) is 47.9 Å². The summed E-state index contributed by atoms with van der Waals surface area (Å²) in [4.78, 5) is 29.8. The molecule has 0 unspecified atom stereocenters. The van der Waals surface area contributed by atoms with E-state index < -0.39 is 51.0 Å². The van der Waals surface area contributed by atoms with Crippen molar-refractivity contribution in [3.63, 3.8) is 0 Å². The van der Waals surface area contributed by atoms with Gasteiger partial charge in [0.2, 0.25) is 11.8 Å². The highest BCUT2D eigenvalue weighted by Gasteiger charge is 2.38. The Labute approximate surface area is 289 Å². The normalized spacial score (nSPS) is 14.3. The Bertz CT molecular complexity index is 1870. The molecule has 258 valence electrons. The number of carbonyl (C=O) groups is 2. The summed E-state index contributed by atoms with van der Waals surface area (Å²) in [7, 11) is -4.59. The van der Waals surface area contributed by atoms with Gasteiger partial charge in [0.25, 0.3) is 10.0 Å². The van der Waals surface area contributed by atoms with Crippen LogP contribution in [-0.4, -0.2) is 43.8 Å². The van der Waals surface area contributed by atoms with Crippen LogP contribution in [0.25, 0.3) is 0 Å². The molecule has 0 aliphatic heterocycles.